The number of hydrogen-bond donors (Lipinski definition) is 1. The van der Waals surface area contributed by atoms with Crippen molar-refractivity contribution >= 4 is 77.4 Å². The zero-order valence-corrected chi connectivity index (χ0v) is 61.2. The van der Waals surface area contributed by atoms with Crippen LogP contribution >= 0.6 is 0 Å². The zero-order valence-electron chi connectivity index (χ0n) is 60.4. The van der Waals surface area contributed by atoms with Crippen LogP contribution in [0.4, 0.5) is 34.1 Å². The fraction of sp³-hybridized carbons (Fsp3) is 0.338. The average Bonchev–Trinajstić information content (AvgIpc) is 1.25. The van der Waals surface area contributed by atoms with Crippen LogP contribution in [0.3, 0.4) is 0 Å². The molecule has 12 aromatic rings. The molecule has 540 valence electrons. The molecule has 2 aliphatic carbocycles. The largest absolute Gasteiger partial charge is 0.497 e. The van der Waals surface area contributed by atoms with Crippen LogP contribution in [0.1, 0.15) is 38.5 Å². The third kappa shape index (κ3) is 17.7. The predicted octanol–water partition coefficient (Wildman–Crippen LogP) is 12.2. The molecular formula is C77H88N18O8S. The second-order valence-corrected chi connectivity index (χ2v) is 28.3. The first-order chi connectivity index (χ1) is 50.5. The van der Waals surface area contributed by atoms with Gasteiger partial charge in [0.1, 0.15) is 34.5 Å². The number of benzene rings is 6. The SMILES string of the molecule is COc1cc(OC)cc(N(CCN2CCCC2)c2ccc3ncc(-c4cnn(C)c4)nc3c2)c1.COc1cc(OC)cc(N(CCNS(=O)(=O)N(C)C)c2ccc3ncc(-c4cnn(C)c4)nc3c2)c1.COc1cc(OCC2CC2)cc(N(CC2CC2)c2ccc3ncc(-c4cnn(C)c4)nc3c2)c1. The molecule has 0 spiro atoms. The number of fused-ring (bicyclic) bond motifs is 3. The van der Waals surface area contributed by atoms with E-state index in [1.807, 2.05) is 112 Å². The maximum Gasteiger partial charge on any atom is 0.278 e. The van der Waals surface area contributed by atoms with E-state index in [0.29, 0.717) is 41.1 Å². The topological polar surface area (TPSA) is 249 Å². The minimum Gasteiger partial charge on any atom is -0.497 e. The Hall–Kier alpha value is -11.0. The van der Waals surface area contributed by atoms with Crippen molar-refractivity contribution in [1.82, 2.24) is 73.2 Å². The van der Waals surface area contributed by atoms with Crippen LogP contribution in [0.25, 0.3) is 66.9 Å². The standard InChI is InChI=1S/C27H29N5O2.C26H30N6O2.C24H29N7O4S/c1-31-16-20(13-29-31)27-14-28-25-8-7-21(11-26(25)30-27)32(15-18-3-4-18)22-9-23(33-2)12-24(10-22)34-17-19-5-6-19;1-30-18-19(16-28-30)26-17-27-24-7-6-20(14-25(24)29-26)32(11-10-31-8-4-5-9-31)21-12-22(33-2)15-23(13-21)34-3;1-29(2)36(32,33)27-8-9-31(19-10-20(34-4)13-21(11-19)35-5)18-6-7-22-23(12-18)28-24(15-25-22)17-14-26-30(3)16-17/h7-14,16,18-19H,3-6,15,17H2,1-2H3;6-7,12-18H,4-5,8-11H2,1-3H3;6-7,10-16,27H,8-9H2,1-5H3. The summed E-state index contributed by atoms with van der Waals surface area (Å²) in [6.45, 7) is 6.38. The van der Waals surface area contributed by atoms with Gasteiger partial charge in [0.05, 0.1) is 130 Å². The van der Waals surface area contributed by atoms with Gasteiger partial charge >= 0.3 is 0 Å². The van der Waals surface area contributed by atoms with Crippen molar-refractivity contribution in [3.63, 3.8) is 0 Å². The smallest absolute Gasteiger partial charge is 0.278 e. The summed E-state index contributed by atoms with van der Waals surface area (Å²) >= 11 is 0. The Bertz CT molecular complexity index is 5030. The first-order valence-corrected chi connectivity index (χ1v) is 36.2. The van der Waals surface area contributed by atoms with Crippen molar-refractivity contribution in [3.8, 4) is 68.3 Å². The number of hydrogen-bond acceptors (Lipinski definition) is 21. The van der Waals surface area contributed by atoms with Gasteiger partial charge in [-0.2, -0.15) is 28.0 Å². The molecule has 0 radical (unpaired) electrons. The maximum absolute atomic E-state index is 12.3. The van der Waals surface area contributed by atoms with E-state index < -0.39 is 10.2 Å². The first kappa shape index (κ1) is 71.4. The zero-order chi connectivity index (χ0) is 72.4. The molecule has 0 amide bonds. The molecule has 1 aliphatic heterocycles. The summed E-state index contributed by atoms with van der Waals surface area (Å²) in [4.78, 5) is 37.6. The lowest BCUT2D eigenvalue weighted by molar-refractivity contribution is 0.297. The highest BCUT2D eigenvalue weighted by atomic mass is 32.2. The highest BCUT2D eigenvalue weighted by molar-refractivity contribution is 7.87. The van der Waals surface area contributed by atoms with Crippen molar-refractivity contribution in [2.75, 3.05) is 117 Å². The minimum atomic E-state index is -3.58. The Labute approximate surface area is 605 Å². The molecule has 0 unspecified atom stereocenters. The molecule has 0 atom stereocenters. The molecule has 3 aliphatic rings. The number of anilines is 6. The van der Waals surface area contributed by atoms with Gasteiger partial charge in [0.2, 0.25) is 0 Å². The quantitative estimate of drug-likeness (QED) is 0.0502. The van der Waals surface area contributed by atoms with E-state index in [2.05, 4.69) is 104 Å². The number of methoxy groups -OCH3 is 5. The molecule has 0 bridgehead atoms. The van der Waals surface area contributed by atoms with Gasteiger partial charge in [-0.05, 0) is 118 Å². The molecule has 1 N–H and O–H groups in total. The van der Waals surface area contributed by atoms with Crippen molar-refractivity contribution in [3.05, 3.63) is 165 Å². The van der Waals surface area contributed by atoms with Gasteiger partial charge in [0.25, 0.3) is 10.2 Å². The van der Waals surface area contributed by atoms with Crippen LogP contribution in [0.15, 0.2) is 165 Å². The molecule has 27 heteroatoms. The number of aromatic nitrogens is 12. The van der Waals surface area contributed by atoms with Gasteiger partial charge in [0.15, 0.2) is 0 Å². The number of aryl methyl sites for hydroxylation is 3. The van der Waals surface area contributed by atoms with Crippen LogP contribution in [0, 0.1) is 11.8 Å². The van der Waals surface area contributed by atoms with E-state index in [-0.39, 0.29) is 6.54 Å². The van der Waals surface area contributed by atoms with Gasteiger partial charge in [-0.15, -0.1) is 0 Å². The van der Waals surface area contributed by atoms with Crippen LogP contribution in [0.5, 0.6) is 34.5 Å². The molecular weight excluding hydrogens is 1340 g/mol. The summed E-state index contributed by atoms with van der Waals surface area (Å²) < 4.78 is 67.3. The van der Waals surface area contributed by atoms with E-state index in [0.717, 1.165) is 156 Å². The number of likely N-dealkylation sites (tertiary alicyclic amines) is 1. The van der Waals surface area contributed by atoms with E-state index in [9.17, 15) is 8.42 Å². The average molecular weight is 1430 g/mol. The van der Waals surface area contributed by atoms with Gasteiger partial charge in [-0.3, -0.25) is 29.0 Å². The first-order valence-electron chi connectivity index (χ1n) is 34.7. The molecule has 3 fully saturated rings. The number of ether oxygens (including phenoxy) is 6. The molecule has 104 heavy (non-hydrogen) atoms. The summed E-state index contributed by atoms with van der Waals surface area (Å²) in [6, 6.07) is 36.0. The number of rotatable bonds is 27. The van der Waals surface area contributed by atoms with Crippen LogP contribution in [-0.4, -0.2) is 179 Å². The number of nitrogens with zero attached hydrogens (tertiary/aromatic N) is 17. The van der Waals surface area contributed by atoms with Crippen molar-refractivity contribution in [1.29, 1.82) is 0 Å². The Morgan fingerprint density at radius 1 is 0.442 bits per heavy atom. The molecule has 6 aromatic heterocycles. The lowest BCUT2D eigenvalue weighted by Crippen LogP contribution is -2.39. The van der Waals surface area contributed by atoms with Gasteiger partial charge in [0, 0.05) is 192 Å². The molecule has 26 nitrogen and oxygen atoms in total. The minimum absolute atomic E-state index is 0.166. The van der Waals surface area contributed by atoms with Crippen molar-refractivity contribution in [2.24, 2.45) is 33.0 Å². The predicted molar refractivity (Wildman–Crippen MR) is 406 cm³/mol. The molecule has 15 rings (SSSR count). The fourth-order valence-electron chi connectivity index (χ4n) is 12.3. The monoisotopic (exact) mass is 1420 g/mol. The van der Waals surface area contributed by atoms with Crippen LogP contribution in [0.2, 0.25) is 0 Å². The van der Waals surface area contributed by atoms with Crippen molar-refractivity contribution < 1.29 is 36.8 Å². The van der Waals surface area contributed by atoms with E-state index in [1.165, 1.54) is 52.6 Å². The second-order valence-electron chi connectivity index (χ2n) is 26.3. The third-order valence-corrected chi connectivity index (χ3v) is 20.0. The van der Waals surface area contributed by atoms with Gasteiger partial charge in [-0.25, -0.2) is 19.7 Å². The summed E-state index contributed by atoms with van der Waals surface area (Å²) in [6.07, 6.45) is 24.1. The van der Waals surface area contributed by atoms with Crippen molar-refractivity contribution in [2.45, 2.75) is 38.5 Å². The third-order valence-electron chi connectivity index (χ3n) is 18.5. The molecule has 1 saturated heterocycles. The van der Waals surface area contributed by atoms with Gasteiger partial charge < -0.3 is 48.0 Å². The summed E-state index contributed by atoms with van der Waals surface area (Å²) in [5.74, 6) is 5.83. The fourth-order valence-corrected chi connectivity index (χ4v) is 12.9. The maximum atomic E-state index is 12.3. The highest BCUT2D eigenvalue weighted by Crippen LogP contribution is 2.41. The molecule has 2 saturated carbocycles. The Morgan fingerprint density at radius 3 is 1.19 bits per heavy atom. The highest BCUT2D eigenvalue weighted by Gasteiger charge is 2.28. The van der Waals surface area contributed by atoms with E-state index in [1.54, 1.807) is 74.3 Å². The lowest BCUT2D eigenvalue weighted by Gasteiger charge is -2.28. The Kier molecular flexibility index (Phi) is 22.1. The second kappa shape index (κ2) is 32.1. The normalized spacial score (nSPS) is 13.7. The van der Waals surface area contributed by atoms with Crippen LogP contribution < -0.4 is 47.8 Å². The van der Waals surface area contributed by atoms with Gasteiger partial charge in [-0.1, -0.05) is 0 Å². The van der Waals surface area contributed by atoms with E-state index >= 15 is 0 Å². The Morgan fingerprint density at radius 2 is 0.817 bits per heavy atom. The summed E-state index contributed by atoms with van der Waals surface area (Å²) in [7, 11) is 13.3. The summed E-state index contributed by atoms with van der Waals surface area (Å²) in [5.41, 5.74) is 15.8. The van der Waals surface area contributed by atoms with Crippen LogP contribution in [-0.2, 0) is 31.4 Å². The van der Waals surface area contributed by atoms with E-state index in [4.69, 9.17) is 43.4 Å². The lowest BCUT2D eigenvalue weighted by atomic mass is 10.1. The molecule has 7 heterocycles. The summed E-state index contributed by atoms with van der Waals surface area (Å²) in [5, 5.41) is 12.7. The Balaban J connectivity index is 0.000000139. The molecule has 6 aromatic carbocycles. The number of nitrogens with one attached hydrogen (secondary N) is 1.